The minimum absolute atomic E-state index is 0.195. The monoisotopic (exact) mass is 147 g/mol. The standard InChI is InChI=1S/C8H5NO2/c9-4-6-1-2-8(5-10)7(3-6)11-8/h1-3,5,7H. The van der Waals surface area contributed by atoms with E-state index in [1.165, 1.54) is 0 Å². The largest absolute Gasteiger partial charge is 0.349 e. The van der Waals surface area contributed by atoms with Gasteiger partial charge in [-0.1, -0.05) is 0 Å². The Morgan fingerprint density at radius 2 is 2.64 bits per heavy atom. The van der Waals surface area contributed by atoms with E-state index in [1.807, 2.05) is 6.07 Å². The van der Waals surface area contributed by atoms with Gasteiger partial charge in [-0.15, -0.1) is 0 Å². The molecule has 2 aliphatic rings. The van der Waals surface area contributed by atoms with Crippen LogP contribution in [0.3, 0.4) is 0 Å². The lowest BCUT2D eigenvalue weighted by atomic mass is 9.99. The second kappa shape index (κ2) is 1.80. The minimum Gasteiger partial charge on any atom is -0.349 e. The number of rotatable bonds is 1. The lowest BCUT2D eigenvalue weighted by Crippen LogP contribution is -2.14. The Bertz CT molecular complexity index is 311. The fraction of sp³-hybridized carbons (Fsp3) is 0.250. The van der Waals surface area contributed by atoms with Gasteiger partial charge in [0.25, 0.3) is 0 Å². The maximum atomic E-state index is 10.4. The van der Waals surface area contributed by atoms with Gasteiger partial charge in [-0.3, -0.25) is 4.79 Å². The summed E-state index contributed by atoms with van der Waals surface area (Å²) in [7, 11) is 0. The average molecular weight is 147 g/mol. The lowest BCUT2D eigenvalue weighted by molar-refractivity contribution is -0.110. The molecule has 0 N–H and O–H groups in total. The number of allylic oxidation sites excluding steroid dienone is 2. The van der Waals surface area contributed by atoms with Gasteiger partial charge in [0.1, 0.15) is 6.10 Å². The predicted octanol–water partition coefficient (Wildman–Crippen LogP) is 0.343. The zero-order chi connectivity index (χ0) is 7.90. The second-order valence-electron chi connectivity index (χ2n) is 2.58. The highest BCUT2D eigenvalue weighted by molar-refractivity contribution is 5.74. The van der Waals surface area contributed by atoms with Crippen LogP contribution < -0.4 is 0 Å². The molecule has 2 unspecified atom stereocenters. The van der Waals surface area contributed by atoms with E-state index in [1.54, 1.807) is 18.2 Å². The molecule has 0 amide bonds. The van der Waals surface area contributed by atoms with E-state index in [-0.39, 0.29) is 6.10 Å². The van der Waals surface area contributed by atoms with Crippen LogP contribution in [-0.4, -0.2) is 18.0 Å². The number of nitriles is 1. The van der Waals surface area contributed by atoms with Crippen molar-refractivity contribution in [3.63, 3.8) is 0 Å². The topological polar surface area (TPSA) is 53.4 Å². The van der Waals surface area contributed by atoms with Crippen LogP contribution in [0.5, 0.6) is 0 Å². The Balaban J connectivity index is 2.29. The molecule has 1 fully saturated rings. The predicted molar refractivity (Wildman–Crippen MR) is 36.5 cm³/mol. The molecule has 0 aromatic heterocycles. The van der Waals surface area contributed by atoms with Gasteiger partial charge >= 0.3 is 0 Å². The van der Waals surface area contributed by atoms with Gasteiger partial charge in [0, 0.05) is 0 Å². The highest BCUT2D eigenvalue weighted by Crippen LogP contribution is 2.40. The Hall–Kier alpha value is -1.40. The van der Waals surface area contributed by atoms with Crippen molar-refractivity contribution in [3.8, 4) is 6.07 Å². The Morgan fingerprint density at radius 1 is 1.82 bits per heavy atom. The number of hydrogen-bond acceptors (Lipinski definition) is 3. The molecule has 1 aliphatic heterocycles. The van der Waals surface area contributed by atoms with Crippen molar-refractivity contribution in [1.82, 2.24) is 0 Å². The van der Waals surface area contributed by atoms with Crippen LogP contribution in [0.2, 0.25) is 0 Å². The van der Waals surface area contributed by atoms with Gasteiger partial charge in [0.2, 0.25) is 0 Å². The summed E-state index contributed by atoms with van der Waals surface area (Å²) in [4.78, 5) is 10.4. The van der Waals surface area contributed by atoms with Crippen molar-refractivity contribution in [2.45, 2.75) is 11.7 Å². The molecule has 3 heteroatoms. The highest BCUT2D eigenvalue weighted by Gasteiger charge is 2.55. The summed E-state index contributed by atoms with van der Waals surface area (Å²) >= 11 is 0. The Labute approximate surface area is 63.6 Å². The first-order chi connectivity index (χ1) is 5.30. The minimum atomic E-state index is -0.722. The summed E-state index contributed by atoms with van der Waals surface area (Å²) in [6.45, 7) is 0. The van der Waals surface area contributed by atoms with Gasteiger partial charge in [-0.2, -0.15) is 5.26 Å². The van der Waals surface area contributed by atoms with Crippen LogP contribution in [0.15, 0.2) is 23.8 Å². The third-order valence-corrected chi connectivity index (χ3v) is 1.89. The fourth-order valence-electron chi connectivity index (χ4n) is 1.13. The summed E-state index contributed by atoms with van der Waals surface area (Å²) in [5.74, 6) is 0. The molecular formula is C8H5NO2. The number of carbonyl (C=O) groups excluding carboxylic acids is 1. The number of fused-ring (bicyclic) bond motifs is 1. The van der Waals surface area contributed by atoms with Crippen LogP contribution in [0.25, 0.3) is 0 Å². The maximum Gasteiger partial charge on any atom is 0.172 e. The summed E-state index contributed by atoms with van der Waals surface area (Å²) in [6.07, 6.45) is 5.47. The molecule has 0 saturated carbocycles. The zero-order valence-electron chi connectivity index (χ0n) is 5.65. The number of carbonyl (C=O) groups is 1. The third-order valence-electron chi connectivity index (χ3n) is 1.89. The SMILES string of the molecule is N#CC1=CC2OC2(C=O)C=C1. The van der Waals surface area contributed by atoms with Crippen molar-refractivity contribution in [2.75, 3.05) is 0 Å². The van der Waals surface area contributed by atoms with Crippen molar-refractivity contribution in [3.05, 3.63) is 23.8 Å². The summed E-state index contributed by atoms with van der Waals surface area (Å²) < 4.78 is 5.06. The van der Waals surface area contributed by atoms with E-state index in [0.29, 0.717) is 5.57 Å². The van der Waals surface area contributed by atoms with Crippen molar-refractivity contribution in [2.24, 2.45) is 0 Å². The van der Waals surface area contributed by atoms with Crippen molar-refractivity contribution >= 4 is 6.29 Å². The number of nitrogens with zero attached hydrogens (tertiary/aromatic N) is 1. The van der Waals surface area contributed by atoms with Crippen LogP contribution in [0, 0.1) is 11.3 Å². The number of epoxide rings is 1. The van der Waals surface area contributed by atoms with Gasteiger partial charge in [0.15, 0.2) is 11.9 Å². The maximum absolute atomic E-state index is 10.4. The van der Waals surface area contributed by atoms with E-state index < -0.39 is 5.60 Å². The fourth-order valence-corrected chi connectivity index (χ4v) is 1.13. The van der Waals surface area contributed by atoms with Crippen molar-refractivity contribution in [1.29, 1.82) is 5.26 Å². The number of hydrogen-bond donors (Lipinski definition) is 0. The molecule has 1 heterocycles. The quantitative estimate of drug-likeness (QED) is 0.397. The Morgan fingerprint density at radius 3 is 3.18 bits per heavy atom. The smallest absolute Gasteiger partial charge is 0.172 e. The molecule has 11 heavy (non-hydrogen) atoms. The second-order valence-corrected chi connectivity index (χ2v) is 2.58. The molecule has 0 aromatic rings. The molecule has 2 rings (SSSR count). The number of ether oxygens (including phenoxy) is 1. The van der Waals surface area contributed by atoms with Crippen LogP contribution in [0.4, 0.5) is 0 Å². The molecular weight excluding hydrogens is 142 g/mol. The van der Waals surface area contributed by atoms with Gasteiger partial charge in [0.05, 0.1) is 11.6 Å². The first-order valence-electron chi connectivity index (χ1n) is 3.26. The third kappa shape index (κ3) is 0.733. The van der Waals surface area contributed by atoms with Gasteiger partial charge in [-0.05, 0) is 18.2 Å². The summed E-state index contributed by atoms with van der Waals surface area (Å²) in [5.41, 5.74) is -0.162. The molecule has 0 spiro atoms. The molecule has 1 aliphatic carbocycles. The van der Waals surface area contributed by atoms with Gasteiger partial charge in [-0.25, -0.2) is 0 Å². The lowest BCUT2D eigenvalue weighted by Gasteiger charge is -1.98. The van der Waals surface area contributed by atoms with E-state index >= 15 is 0 Å². The van der Waals surface area contributed by atoms with E-state index in [2.05, 4.69) is 0 Å². The van der Waals surface area contributed by atoms with E-state index in [0.717, 1.165) is 6.29 Å². The molecule has 0 radical (unpaired) electrons. The summed E-state index contributed by atoms with van der Waals surface area (Å²) in [5, 5.41) is 8.47. The van der Waals surface area contributed by atoms with Crippen LogP contribution in [0.1, 0.15) is 0 Å². The Kier molecular flexibility index (Phi) is 1.04. The molecule has 54 valence electrons. The normalized spacial score (nSPS) is 38.5. The van der Waals surface area contributed by atoms with E-state index in [9.17, 15) is 4.79 Å². The zero-order valence-corrected chi connectivity index (χ0v) is 5.65. The molecule has 3 nitrogen and oxygen atoms in total. The summed E-state index contributed by atoms with van der Waals surface area (Å²) in [6, 6.07) is 1.98. The average Bonchev–Trinajstić information content (AvgIpc) is 2.77. The number of aldehydes is 1. The van der Waals surface area contributed by atoms with Crippen LogP contribution >= 0.6 is 0 Å². The van der Waals surface area contributed by atoms with Crippen LogP contribution in [-0.2, 0) is 9.53 Å². The highest BCUT2D eigenvalue weighted by atomic mass is 16.6. The molecule has 1 saturated heterocycles. The van der Waals surface area contributed by atoms with Gasteiger partial charge < -0.3 is 4.74 Å². The molecule has 2 atom stereocenters. The van der Waals surface area contributed by atoms with E-state index in [4.69, 9.17) is 10.00 Å². The first kappa shape index (κ1) is 6.32. The molecule has 0 aromatic carbocycles. The van der Waals surface area contributed by atoms with Crippen molar-refractivity contribution < 1.29 is 9.53 Å². The molecule has 0 bridgehead atoms. The first-order valence-corrected chi connectivity index (χ1v) is 3.26.